The van der Waals surface area contributed by atoms with Gasteiger partial charge in [0.1, 0.15) is 11.2 Å². The van der Waals surface area contributed by atoms with Crippen molar-refractivity contribution < 1.29 is 4.79 Å². The van der Waals surface area contributed by atoms with Crippen molar-refractivity contribution in [1.29, 1.82) is 0 Å². The Balaban J connectivity index is 1.42. The van der Waals surface area contributed by atoms with Crippen molar-refractivity contribution in [1.82, 2.24) is 35.5 Å². The fourth-order valence-electron chi connectivity index (χ4n) is 4.54. The molecule has 1 aliphatic carbocycles. The van der Waals surface area contributed by atoms with Crippen LogP contribution in [0.25, 0.3) is 50.0 Å². The van der Waals surface area contributed by atoms with Crippen LogP contribution in [0.3, 0.4) is 0 Å². The second-order valence-electron chi connectivity index (χ2n) is 9.09. The number of aromatic amines is 2. The normalized spacial score (nSPS) is 13.7. The molecule has 8 heteroatoms. The minimum Gasteiger partial charge on any atom is -0.352 e. The Labute approximate surface area is 213 Å². The number of pyridine rings is 3. The molecule has 1 amide bonds. The molecule has 0 fully saturated rings. The van der Waals surface area contributed by atoms with Crippen LogP contribution in [0, 0.1) is 0 Å². The number of carbonyl (C=O) groups is 1. The summed E-state index contributed by atoms with van der Waals surface area (Å²) in [5, 5.41) is 11.7. The number of hydrogen-bond acceptors (Lipinski definition) is 5. The predicted octanol–water partition coefficient (Wildman–Crippen LogP) is 5.71. The van der Waals surface area contributed by atoms with Gasteiger partial charge in [0.2, 0.25) is 5.91 Å². The molecule has 5 aromatic rings. The lowest BCUT2D eigenvalue weighted by Gasteiger charge is -2.06. The summed E-state index contributed by atoms with van der Waals surface area (Å²) in [5.74, 6) is -0.0176. The average Bonchev–Trinajstić information content (AvgIpc) is 3.49. The molecule has 182 valence electrons. The molecule has 8 nitrogen and oxygen atoms in total. The highest BCUT2D eigenvalue weighted by Gasteiger charge is 2.16. The molecule has 0 bridgehead atoms. The van der Waals surface area contributed by atoms with Crippen LogP contribution in [0.4, 0.5) is 0 Å². The monoisotopic (exact) mass is 487 g/mol. The lowest BCUT2D eigenvalue weighted by Crippen LogP contribution is -2.20. The Morgan fingerprint density at radius 2 is 2.00 bits per heavy atom. The number of carbonyl (C=O) groups excluding carboxylic acids is 1. The molecule has 6 rings (SSSR count). The van der Waals surface area contributed by atoms with Crippen LogP contribution in [-0.4, -0.2) is 36.0 Å². The van der Waals surface area contributed by atoms with Gasteiger partial charge in [-0.15, -0.1) is 0 Å². The predicted molar refractivity (Wildman–Crippen MR) is 145 cm³/mol. The lowest BCUT2D eigenvalue weighted by atomic mass is 10.1. The van der Waals surface area contributed by atoms with Gasteiger partial charge >= 0.3 is 0 Å². The van der Waals surface area contributed by atoms with Crippen molar-refractivity contribution in [3.63, 3.8) is 0 Å². The highest BCUT2D eigenvalue weighted by molar-refractivity contribution is 6.00. The summed E-state index contributed by atoms with van der Waals surface area (Å²) < 4.78 is 0. The molecule has 0 aromatic carbocycles. The van der Waals surface area contributed by atoms with Crippen molar-refractivity contribution in [3.8, 4) is 22.5 Å². The van der Waals surface area contributed by atoms with E-state index in [2.05, 4.69) is 49.5 Å². The largest absolute Gasteiger partial charge is 0.352 e. The highest BCUT2D eigenvalue weighted by Crippen LogP contribution is 2.33. The highest BCUT2D eigenvalue weighted by atomic mass is 16.1. The minimum absolute atomic E-state index is 0.0176. The van der Waals surface area contributed by atoms with Gasteiger partial charge in [-0.2, -0.15) is 5.10 Å². The third kappa shape index (κ3) is 4.33. The molecular formula is C29H25N7O. The molecule has 1 aliphatic rings. The van der Waals surface area contributed by atoms with Gasteiger partial charge in [0.25, 0.3) is 0 Å². The van der Waals surface area contributed by atoms with Crippen LogP contribution >= 0.6 is 0 Å². The molecule has 0 atom stereocenters. The quantitative estimate of drug-likeness (QED) is 0.294. The number of rotatable bonds is 5. The zero-order valence-electron chi connectivity index (χ0n) is 20.5. The van der Waals surface area contributed by atoms with Crippen LogP contribution < -0.4 is 5.32 Å². The van der Waals surface area contributed by atoms with Gasteiger partial charge in [-0.05, 0) is 55.3 Å². The van der Waals surface area contributed by atoms with Crippen molar-refractivity contribution in [2.45, 2.75) is 26.7 Å². The minimum atomic E-state index is -0.0176. The van der Waals surface area contributed by atoms with Crippen molar-refractivity contribution in [2.24, 2.45) is 0 Å². The van der Waals surface area contributed by atoms with Crippen LogP contribution in [0.5, 0.6) is 0 Å². The molecule has 0 radical (unpaired) electrons. The number of fused-ring (bicyclic) bond motifs is 2. The van der Waals surface area contributed by atoms with Gasteiger partial charge in [0, 0.05) is 47.2 Å². The smallest absolute Gasteiger partial charge is 0.224 e. The van der Waals surface area contributed by atoms with Crippen LogP contribution in [0.15, 0.2) is 84.6 Å². The third-order valence-electron chi connectivity index (χ3n) is 6.44. The van der Waals surface area contributed by atoms with E-state index in [0.717, 1.165) is 67.8 Å². The Bertz CT molecular complexity index is 1740. The maximum absolute atomic E-state index is 12.0. The van der Waals surface area contributed by atoms with Gasteiger partial charge in [-0.3, -0.25) is 19.9 Å². The summed E-state index contributed by atoms with van der Waals surface area (Å²) in [6.07, 6.45) is 14.6. The summed E-state index contributed by atoms with van der Waals surface area (Å²) >= 11 is 0. The number of hydrogen-bond donors (Lipinski definition) is 3. The van der Waals surface area contributed by atoms with E-state index in [1.165, 1.54) is 5.57 Å². The summed E-state index contributed by atoms with van der Waals surface area (Å²) in [7, 11) is 0. The van der Waals surface area contributed by atoms with E-state index in [-0.39, 0.29) is 5.91 Å². The molecule has 0 saturated heterocycles. The maximum atomic E-state index is 12.0. The number of aromatic nitrogens is 6. The van der Waals surface area contributed by atoms with E-state index < -0.39 is 0 Å². The molecule has 3 N–H and O–H groups in total. The fourth-order valence-corrected chi connectivity index (χ4v) is 4.54. The van der Waals surface area contributed by atoms with E-state index in [9.17, 15) is 4.79 Å². The zero-order valence-corrected chi connectivity index (χ0v) is 20.5. The number of nitrogens with zero attached hydrogens (tertiary/aromatic N) is 4. The summed E-state index contributed by atoms with van der Waals surface area (Å²) in [4.78, 5) is 29.2. The second-order valence-corrected chi connectivity index (χ2v) is 9.09. The molecule has 5 heterocycles. The molecule has 0 spiro atoms. The molecule has 5 aromatic heterocycles. The Morgan fingerprint density at radius 3 is 2.84 bits per heavy atom. The van der Waals surface area contributed by atoms with Crippen molar-refractivity contribution >= 4 is 33.4 Å². The van der Waals surface area contributed by atoms with E-state index in [0.29, 0.717) is 6.42 Å². The van der Waals surface area contributed by atoms with E-state index in [1.54, 1.807) is 6.20 Å². The molecule has 0 aliphatic heterocycles. The number of allylic oxidation sites excluding steroid dienone is 5. The Morgan fingerprint density at radius 1 is 1.08 bits per heavy atom. The number of nitrogens with one attached hydrogen (secondary N) is 3. The first-order valence-corrected chi connectivity index (χ1v) is 12.2. The first-order valence-electron chi connectivity index (χ1n) is 12.2. The molecule has 0 unspecified atom stereocenters. The van der Waals surface area contributed by atoms with Crippen molar-refractivity contribution in [3.05, 3.63) is 90.3 Å². The standard InChI is InChI=1S/C29H25N7O/c1-3-27(37)32-20-11-17(2)6-7-18(12-20)23-8-9-24-28(34-23)29(36-35-24)25-13-21-22(15-31-16-26(21)33-25)19-5-4-10-30-14-19/h4-5,7-16,33H,3,6H2,1-2H3,(H,32,37)(H,35,36). The third-order valence-corrected chi connectivity index (χ3v) is 6.44. The molecular weight excluding hydrogens is 462 g/mol. The number of amides is 1. The summed E-state index contributed by atoms with van der Waals surface area (Å²) in [5.41, 5.74) is 9.81. The molecule has 0 saturated carbocycles. The molecule has 37 heavy (non-hydrogen) atoms. The number of H-pyrrole nitrogens is 2. The van der Waals surface area contributed by atoms with Gasteiger partial charge in [-0.1, -0.05) is 24.6 Å². The summed E-state index contributed by atoms with van der Waals surface area (Å²) in [6.45, 7) is 3.90. The second kappa shape index (κ2) is 9.31. The van der Waals surface area contributed by atoms with Crippen LogP contribution in [0.1, 0.15) is 32.4 Å². The van der Waals surface area contributed by atoms with E-state index in [1.807, 2.05) is 61.9 Å². The van der Waals surface area contributed by atoms with E-state index >= 15 is 0 Å². The lowest BCUT2D eigenvalue weighted by molar-refractivity contribution is -0.120. The first kappa shape index (κ1) is 22.6. The maximum Gasteiger partial charge on any atom is 0.224 e. The van der Waals surface area contributed by atoms with Crippen LogP contribution in [0.2, 0.25) is 0 Å². The first-order chi connectivity index (χ1) is 18.1. The Hall–Kier alpha value is -4.85. The summed E-state index contributed by atoms with van der Waals surface area (Å²) in [6, 6.07) is 9.99. The van der Waals surface area contributed by atoms with Gasteiger partial charge in [-0.25, -0.2) is 4.98 Å². The van der Waals surface area contributed by atoms with Gasteiger partial charge < -0.3 is 10.3 Å². The van der Waals surface area contributed by atoms with Gasteiger partial charge in [0.05, 0.1) is 28.6 Å². The Kier molecular flexibility index (Phi) is 5.69. The van der Waals surface area contributed by atoms with Gasteiger partial charge in [0.15, 0.2) is 0 Å². The van der Waals surface area contributed by atoms with E-state index in [4.69, 9.17) is 4.98 Å². The van der Waals surface area contributed by atoms with Crippen LogP contribution in [-0.2, 0) is 4.79 Å². The zero-order chi connectivity index (χ0) is 25.4. The average molecular weight is 488 g/mol. The SMILES string of the molecule is CCC(=O)NC1=CC(c2ccc3[nH]nc(-c4cc5c(-c6cccnc6)cncc5[nH]4)c3n2)=CCC(C)=C1. The van der Waals surface area contributed by atoms with Crippen molar-refractivity contribution in [2.75, 3.05) is 0 Å². The topological polar surface area (TPSA) is 112 Å². The fraction of sp³-hybridized carbons (Fsp3) is 0.138.